The molecule has 3 heteroatoms. The lowest BCUT2D eigenvalue weighted by atomic mass is 9.81. The molecule has 0 unspecified atom stereocenters. The molecule has 1 aliphatic rings. The summed E-state index contributed by atoms with van der Waals surface area (Å²) in [6.07, 6.45) is 0.774. The van der Waals surface area contributed by atoms with Gasteiger partial charge in [0.2, 0.25) is 0 Å². The Morgan fingerprint density at radius 2 is 2.13 bits per heavy atom. The van der Waals surface area contributed by atoms with E-state index in [1.807, 2.05) is 24.3 Å². The molecule has 15 heavy (non-hydrogen) atoms. The van der Waals surface area contributed by atoms with Crippen LogP contribution in [-0.4, -0.2) is 20.3 Å². The molecular formula is C12H13NO2. The first kappa shape index (κ1) is 10.0. The SMILES string of the molecule is COc1ccc([C@]2(C#N)CCOC2)cc1. The summed E-state index contributed by atoms with van der Waals surface area (Å²) in [5.41, 5.74) is 0.565. The van der Waals surface area contributed by atoms with Gasteiger partial charge in [-0.05, 0) is 24.1 Å². The predicted molar refractivity (Wildman–Crippen MR) is 55.7 cm³/mol. The molecule has 1 aliphatic heterocycles. The van der Waals surface area contributed by atoms with Gasteiger partial charge in [0.05, 0.1) is 19.8 Å². The lowest BCUT2D eigenvalue weighted by molar-refractivity contribution is 0.186. The smallest absolute Gasteiger partial charge is 0.118 e. The minimum absolute atomic E-state index is 0.452. The van der Waals surface area contributed by atoms with Gasteiger partial charge in [0.1, 0.15) is 11.2 Å². The first-order chi connectivity index (χ1) is 7.30. The predicted octanol–water partition coefficient (Wildman–Crippen LogP) is 1.88. The van der Waals surface area contributed by atoms with Crippen LogP contribution in [0.1, 0.15) is 12.0 Å². The van der Waals surface area contributed by atoms with Gasteiger partial charge < -0.3 is 9.47 Å². The maximum absolute atomic E-state index is 9.24. The minimum atomic E-state index is -0.452. The van der Waals surface area contributed by atoms with E-state index in [4.69, 9.17) is 9.47 Å². The second-order valence-electron chi connectivity index (χ2n) is 3.72. The summed E-state index contributed by atoms with van der Waals surface area (Å²) in [6.45, 7) is 1.16. The van der Waals surface area contributed by atoms with Crippen molar-refractivity contribution < 1.29 is 9.47 Å². The van der Waals surface area contributed by atoms with Gasteiger partial charge in [-0.1, -0.05) is 12.1 Å². The van der Waals surface area contributed by atoms with Crippen molar-refractivity contribution in [1.82, 2.24) is 0 Å². The number of ether oxygens (including phenoxy) is 2. The standard InChI is InChI=1S/C12H13NO2/c1-14-11-4-2-10(3-5-11)12(8-13)6-7-15-9-12/h2-5H,6-7,9H2,1H3/t12-/m0/s1. The summed E-state index contributed by atoms with van der Waals surface area (Å²) in [6, 6.07) is 10.0. The van der Waals surface area contributed by atoms with Gasteiger partial charge in [-0.3, -0.25) is 0 Å². The van der Waals surface area contributed by atoms with Crippen LogP contribution in [0.3, 0.4) is 0 Å². The Morgan fingerprint density at radius 1 is 1.40 bits per heavy atom. The Hall–Kier alpha value is -1.53. The third kappa shape index (κ3) is 1.69. The summed E-state index contributed by atoms with van der Waals surface area (Å²) in [7, 11) is 1.63. The third-order valence-electron chi connectivity index (χ3n) is 2.88. The van der Waals surface area contributed by atoms with Crippen LogP contribution in [0.5, 0.6) is 5.75 Å². The molecule has 0 saturated carbocycles. The van der Waals surface area contributed by atoms with Crippen molar-refractivity contribution >= 4 is 0 Å². The number of hydrogen-bond donors (Lipinski definition) is 0. The Labute approximate surface area is 89.2 Å². The minimum Gasteiger partial charge on any atom is -0.497 e. The zero-order chi connectivity index (χ0) is 10.7. The molecule has 1 heterocycles. The van der Waals surface area contributed by atoms with Gasteiger partial charge in [-0.2, -0.15) is 5.26 Å². The van der Waals surface area contributed by atoms with E-state index in [-0.39, 0.29) is 0 Å². The first-order valence-corrected chi connectivity index (χ1v) is 4.94. The Kier molecular flexibility index (Phi) is 2.61. The Balaban J connectivity index is 2.32. The van der Waals surface area contributed by atoms with E-state index in [0.29, 0.717) is 13.2 Å². The number of hydrogen-bond acceptors (Lipinski definition) is 3. The van der Waals surface area contributed by atoms with E-state index in [1.54, 1.807) is 7.11 Å². The van der Waals surface area contributed by atoms with E-state index >= 15 is 0 Å². The summed E-state index contributed by atoms with van der Waals surface area (Å²) < 4.78 is 10.4. The normalized spacial score (nSPS) is 24.8. The lowest BCUT2D eigenvalue weighted by Gasteiger charge is -2.18. The van der Waals surface area contributed by atoms with Crippen LogP contribution in [0, 0.1) is 11.3 Å². The highest BCUT2D eigenvalue weighted by molar-refractivity contribution is 5.37. The number of rotatable bonds is 2. The van der Waals surface area contributed by atoms with Crippen molar-refractivity contribution in [3.8, 4) is 11.8 Å². The highest BCUT2D eigenvalue weighted by Crippen LogP contribution is 2.33. The van der Waals surface area contributed by atoms with E-state index in [9.17, 15) is 5.26 Å². The third-order valence-corrected chi connectivity index (χ3v) is 2.88. The summed E-state index contributed by atoms with van der Waals surface area (Å²) >= 11 is 0. The van der Waals surface area contributed by atoms with E-state index in [0.717, 1.165) is 17.7 Å². The highest BCUT2D eigenvalue weighted by Gasteiger charge is 2.36. The monoisotopic (exact) mass is 203 g/mol. The molecule has 0 aliphatic carbocycles. The maximum Gasteiger partial charge on any atom is 0.118 e. The molecule has 0 aromatic heterocycles. The van der Waals surface area contributed by atoms with Crippen molar-refractivity contribution in [2.45, 2.75) is 11.8 Å². The zero-order valence-corrected chi connectivity index (χ0v) is 8.69. The molecule has 1 saturated heterocycles. The van der Waals surface area contributed by atoms with Gasteiger partial charge in [0, 0.05) is 6.61 Å². The molecule has 0 amide bonds. The van der Waals surface area contributed by atoms with E-state index in [2.05, 4.69) is 6.07 Å². The van der Waals surface area contributed by atoms with Crippen molar-refractivity contribution in [2.75, 3.05) is 20.3 Å². The van der Waals surface area contributed by atoms with Crippen molar-refractivity contribution in [3.05, 3.63) is 29.8 Å². The summed E-state index contributed by atoms with van der Waals surface area (Å²) in [5, 5.41) is 9.24. The molecule has 1 aromatic carbocycles. The number of benzene rings is 1. The fourth-order valence-corrected chi connectivity index (χ4v) is 1.86. The van der Waals surface area contributed by atoms with Crippen molar-refractivity contribution in [2.24, 2.45) is 0 Å². The van der Waals surface area contributed by atoms with Crippen molar-refractivity contribution in [3.63, 3.8) is 0 Å². The number of nitriles is 1. The molecule has 0 N–H and O–H groups in total. The molecule has 78 valence electrons. The van der Waals surface area contributed by atoms with Crippen LogP contribution >= 0.6 is 0 Å². The number of nitrogens with zero attached hydrogens (tertiary/aromatic N) is 1. The van der Waals surface area contributed by atoms with Crippen molar-refractivity contribution in [1.29, 1.82) is 5.26 Å². The van der Waals surface area contributed by atoms with Gasteiger partial charge >= 0.3 is 0 Å². The fraction of sp³-hybridized carbons (Fsp3) is 0.417. The van der Waals surface area contributed by atoms with E-state index in [1.165, 1.54) is 0 Å². The molecule has 2 rings (SSSR count). The maximum atomic E-state index is 9.24. The average molecular weight is 203 g/mol. The molecule has 0 spiro atoms. The van der Waals surface area contributed by atoms with Crippen LogP contribution < -0.4 is 4.74 Å². The quantitative estimate of drug-likeness (QED) is 0.737. The van der Waals surface area contributed by atoms with Gasteiger partial charge in [-0.15, -0.1) is 0 Å². The molecule has 0 bridgehead atoms. The molecule has 1 atom stereocenters. The Morgan fingerprint density at radius 3 is 2.60 bits per heavy atom. The molecular weight excluding hydrogens is 190 g/mol. The van der Waals surface area contributed by atoms with Crippen LogP contribution in [0.2, 0.25) is 0 Å². The summed E-state index contributed by atoms with van der Waals surface area (Å²) in [4.78, 5) is 0. The van der Waals surface area contributed by atoms with Gasteiger partial charge in [0.25, 0.3) is 0 Å². The summed E-state index contributed by atoms with van der Waals surface area (Å²) in [5.74, 6) is 0.811. The lowest BCUT2D eigenvalue weighted by Crippen LogP contribution is -2.23. The second-order valence-corrected chi connectivity index (χ2v) is 3.72. The largest absolute Gasteiger partial charge is 0.497 e. The molecule has 1 fully saturated rings. The topological polar surface area (TPSA) is 42.2 Å². The van der Waals surface area contributed by atoms with Crippen LogP contribution in [0.4, 0.5) is 0 Å². The average Bonchev–Trinajstić information content (AvgIpc) is 2.79. The first-order valence-electron chi connectivity index (χ1n) is 4.94. The Bertz CT molecular complexity index is 372. The molecule has 3 nitrogen and oxygen atoms in total. The highest BCUT2D eigenvalue weighted by atomic mass is 16.5. The van der Waals surface area contributed by atoms with Gasteiger partial charge in [0.15, 0.2) is 0 Å². The van der Waals surface area contributed by atoms with Gasteiger partial charge in [-0.25, -0.2) is 0 Å². The number of methoxy groups -OCH3 is 1. The van der Waals surface area contributed by atoms with Crippen LogP contribution in [0.25, 0.3) is 0 Å². The van der Waals surface area contributed by atoms with Crippen LogP contribution in [-0.2, 0) is 10.2 Å². The zero-order valence-electron chi connectivity index (χ0n) is 8.69. The second kappa shape index (κ2) is 3.92. The molecule has 0 radical (unpaired) electrons. The van der Waals surface area contributed by atoms with E-state index < -0.39 is 5.41 Å². The fourth-order valence-electron chi connectivity index (χ4n) is 1.86. The molecule has 1 aromatic rings. The van der Waals surface area contributed by atoms with Crippen LogP contribution in [0.15, 0.2) is 24.3 Å².